The van der Waals surface area contributed by atoms with E-state index in [0.717, 1.165) is 31.9 Å². The van der Waals surface area contributed by atoms with Crippen molar-refractivity contribution in [3.63, 3.8) is 0 Å². The van der Waals surface area contributed by atoms with Gasteiger partial charge in [-0.1, -0.05) is 30.3 Å². The highest BCUT2D eigenvalue weighted by molar-refractivity contribution is 7.80. The van der Waals surface area contributed by atoms with Gasteiger partial charge in [0.05, 0.1) is 18.0 Å². The van der Waals surface area contributed by atoms with Crippen molar-refractivity contribution >= 4 is 28.7 Å². The van der Waals surface area contributed by atoms with Crippen LogP contribution in [0.5, 0.6) is 0 Å². The normalized spacial score (nSPS) is 21.0. The fourth-order valence-electron chi connectivity index (χ4n) is 3.97. The van der Waals surface area contributed by atoms with Crippen LogP contribution in [0.3, 0.4) is 0 Å². The molecule has 0 aromatic heterocycles. The van der Waals surface area contributed by atoms with Crippen molar-refractivity contribution in [2.75, 3.05) is 38.5 Å². The third kappa shape index (κ3) is 5.72. The summed E-state index contributed by atoms with van der Waals surface area (Å²) >= 11 is 5.52. The van der Waals surface area contributed by atoms with Gasteiger partial charge in [-0.05, 0) is 31.3 Å². The first-order valence-corrected chi connectivity index (χ1v) is 10.4. The molecule has 7 nitrogen and oxygen atoms in total. The Kier molecular flexibility index (Phi) is 7.13. The van der Waals surface area contributed by atoms with Gasteiger partial charge in [0.15, 0.2) is 5.11 Å². The van der Waals surface area contributed by atoms with Crippen LogP contribution in [-0.4, -0.2) is 49.3 Å². The van der Waals surface area contributed by atoms with Gasteiger partial charge in [0.1, 0.15) is 32.2 Å². The number of benzene rings is 2. The van der Waals surface area contributed by atoms with Crippen molar-refractivity contribution in [3.05, 3.63) is 70.3 Å². The monoisotopic (exact) mass is 415 g/mol. The van der Waals surface area contributed by atoms with E-state index in [0.29, 0.717) is 11.2 Å². The predicted molar refractivity (Wildman–Crippen MR) is 118 cm³/mol. The van der Waals surface area contributed by atoms with Crippen LogP contribution in [0.1, 0.15) is 18.5 Å². The molecule has 3 rings (SSSR count). The third-order valence-corrected chi connectivity index (χ3v) is 5.76. The number of rotatable bonds is 6. The average Bonchev–Trinajstić information content (AvgIpc) is 2.71. The highest BCUT2D eigenvalue weighted by Gasteiger charge is 2.33. The number of thiocarbonyl (C=S) groups is 1. The van der Waals surface area contributed by atoms with Gasteiger partial charge in [0, 0.05) is 23.4 Å². The Hall–Kier alpha value is -2.55. The summed E-state index contributed by atoms with van der Waals surface area (Å²) in [5.74, 6) is 0. The van der Waals surface area contributed by atoms with Crippen molar-refractivity contribution < 1.29 is 14.7 Å². The Bertz CT molecular complexity index is 823. The number of nitrogens with one attached hydrogen (secondary N) is 4. The molecule has 154 valence electrons. The standard InChI is InChI=1S/C21H27N5O2S/c1-16(22-21(29)23-18-8-10-19(11-9-18)26(27)28)20(17-6-4-3-5-7-17)25-14-12-24(2)13-15-25/h3-11,16,20H,12-15H2,1-2H3,(H2,22,23,29)/p+2/t16-,20-/m1/s1. The molecule has 8 heteroatoms. The Morgan fingerprint density at radius 3 is 2.28 bits per heavy atom. The first-order chi connectivity index (χ1) is 13.9. The number of anilines is 1. The maximum atomic E-state index is 10.8. The lowest BCUT2D eigenvalue weighted by molar-refractivity contribution is -1.02. The molecule has 2 atom stereocenters. The maximum absolute atomic E-state index is 10.8. The first-order valence-electron chi connectivity index (χ1n) is 9.97. The first kappa shape index (κ1) is 21.2. The Morgan fingerprint density at radius 2 is 1.69 bits per heavy atom. The summed E-state index contributed by atoms with van der Waals surface area (Å²) in [7, 11) is 2.25. The summed E-state index contributed by atoms with van der Waals surface area (Å²) in [6.07, 6.45) is 0. The highest BCUT2D eigenvalue weighted by atomic mass is 32.1. The number of piperazine rings is 1. The summed E-state index contributed by atoms with van der Waals surface area (Å²) in [4.78, 5) is 13.5. The van der Waals surface area contributed by atoms with Gasteiger partial charge in [-0.2, -0.15) is 0 Å². The van der Waals surface area contributed by atoms with Crippen molar-refractivity contribution in [1.82, 2.24) is 5.32 Å². The summed E-state index contributed by atoms with van der Waals surface area (Å²) in [5.41, 5.74) is 2.10. The minimum atomic E-state index is -0.409. The van der Waals surface area contributed by atoms with Crippen LogP contribution in [0.2, 0.25) is 0 Å². The summed E-state index contributed by atoms with van der Waals surface area (Å²) < 4.78 is 0. The lowest BCUT2D eigenvalue weighted by atomic mass is 9.98. The largest absolute Gasteiger partial charge is 0.354 e. The predicted octanol–water partition coefficient (Wildman–Crippen LogP) is 0.424. The summed E-state index contributed by atoms with van der Waals surface area (Å²) in [5, 5.41) is 17.9. The molecule has 0 unspecified atom stereocenters. The zero-order valence-electron chi connectivity index (χ0n) is 16.9. The van der Waals surface area contributed by atoms with Crippen LogP contribution in [-0.2, 0) is 0 Å². The fourth-order valence-corrected chi connectivity index (χ4v) is 4.27. The fraction of sp³-hybridized carbons (Fsp3) is 0.381. The smallest absolute Gasteiger partial charge is 0.269 e. The van der Waals surface area contributed by atoms with E-state index in [2.05, 4.69) is 48.9 Å². The molecular formula is C21H29N5O2S+2. The molecule has 1 aliphatic rings. The second kappa shape index (κ2) is 9.78. The number of nitro groups is 1. The Balaban J connectivity index is 1.68. The van der Waals surface area contributed by atoms with Crippen molar-refractivity contribution in [1.29, 1.82) is 0 Å². The minimum absolute atomic E-state index is 0.0627. The van der Waals surface area contributed by atoms with Gasteiger partial charge in [-0.3, -0.25) is 10.1 Å². The van der Waals surface area contributed by atoms with Gasteiger partial charge in [0.2, 0.25) is 0 Å². The Labute approximate surface area is 176 Å². The van der Waals surface area contributed by atoms with E-state index in [9.17, 15) is 10.1 Å². The van der Waals surface area contributed by atoms with Crippen LogP contribution < -0.4 is 20.4 Å². The topological polar surface area (TPSA) is 76.1 Å². The molecule has 1 fully saturated rings. The van der Waals surface area contributed by atoms with Gasteiger partial charge in [0.25, 0.3) is 5.69 Å². The molecule has 2 aromatic rings. The van der Waals surface area contributed by atoms with Gasteiger partial charge in [-0.25, -0.2) is 0 Å². The SMILES string of the molecule is C[C@@H](NC(=S)Nc1ccc([N+](=O)[O-])cc1)[C@H](c1ccccc1)[NH+]1CC[NH+](C)CC1. The number of non-ortho nitro benzene ring substituents is 1. The van der Waals surface area contributed by atoms with Gasteiger partial charge in [-0.15, -0.1) is 0 Å². The van der Waals surface area contributed by atoms with Gasteiger partial charge < -0.3 is 20.4 Å². The van der Waals surface area contributed by atoms with E-state index in [1.165, 1.54) is 17.7 Å². The molecule has 0 spiro atoms. The molecular weight excluding hydrogens is 386 g/mol. The average molecular weight is 416 g/mol. The second-order valence-electron chi connectivity index (χ2n) is 7.69. The highest BCUT2D eigenvalue weighted by Crippen LogP contribution is 2.17. The van der Waals surface area contributed by atoms with Crippen LogP contribution in [0.4, 0.5) is 11.4 Å². The van der Waals surface area contributed by atoms with E-state index >= 15 is 0 Å². The van der Waals surface area contributed by atoms with Crippen LogP contribution >= 0.6 is 12.2 Å². The van der Waals surface area contributed by atoms with E-state index < -0.39 is 4.92 Å². The van der Waals surface area contributed by atoms with Crippen molar-refractivity contribution in [2.24, 2.45) is 0 Å². The molecule has 2 aromatic carbocycles. The third-order valence-electron chi connectivity index (χ3n) is 5.54. The van der Waals surface area contributed by atoms with Crippen molar-refractivity contribution in [3.8, 4) is 0 Å². The van der Waals surface area contributed by atoms with Crippen LogP contribution in [0, 0.1) is 10.1 Å². The number of quaternary nitrogens is 2. The van der Waals surface area contributed by atoms with E-state index in [-0.39, 0.29) is 11.7 Å². The van der Waals surface area contributed by atoms with Crippen molar-refractivity contribution in [2.45, 2.75) is 19.0 Å². The maximum Gasteiger partial charge on any atom is 0.269 e. The number of likely N-dealkylation sites (N-methyl/N-ethyl adjacent to an activating group) is 1. The lowest BCUT2D eigenvalue weighted by Crippen LogP contribution is -3.27. The molecule has 1 aliphatic heterocycles. The molecule has 0 amide bonds. The Morgan fingerprint density at radius 1 is 1.07 bits per heavy atom. The zero-order valence-corrected chi connectivity index (χ0v) is 17.7. The zero-order chi connectivity index (χ0) is 20.8. The number of nitrogens with zero attached hydrogens (tertiary/aromatic N) is 1. The number of hydrogen-bond acceptors (Lipinski definition) is 3. The second-order valence-corrected chi connectivity index (χ2v) is 8.10. The molecule has 4 N–H and O–H groups in total. The molecule has 0 radical (unpaired) electrons. The number of hydrogen-bond donors (Lipinski definition) is 4. The molecule has 0 saturated carbocycles. The summed E-state index contributed by atoms with van der Waals surface area (Å²) in [6.45, 7) is 6.74. The molecule has 1 heterocycles. The van der Waals surface area contributed by atoms with E-state index in [1.54, 1.807) is 21.9 Å². The lowest BCUT2D eigenvalue weighted by Gasteiger charge is -2.37. The minimum Gasteiger partial charge on any atom is -0.354 e. The molecule has 29 heavy (non-hydrogen) atoms. The molecule has 0 bridgehead atoms. The van der Waals surface area contributed by atoms with Crippen LogP contribution in [0.15, 0.2) is 54.6 Å². The van der Waals surface area contributed by atoms with E-state index in [1.807, 2.05) is 6.07 Å². The van der Waals surface area contributed by atoms with Crippen LogP contribution in [0.25, 0.3) is 0 Å². The molecule has 0 aliphatic carbocycles. The number of nitro benzene ring substituents is 1. The quantitative estimate of drug-likeness (QED) is 0.313. The molecule has 1 saturated heterocycles. The van der Waals surface area contributed by atoms with Gasteiger partial charge >= 0.3 is 0 Å². The summed E-state index contributed by atoms with van der Waals surface area (Å²) in [6, 6.07) is 17.3. The van der Waals surface area contributed by atoms with E-state index in [4.69, 9.17) is 12.2 Å².